The van der Waals surface area contributed by atoms with Gasteiger partial charge in [0.25, 0.3) is 0 Å². The summed E-state index contributed by atoms with van der Waals surface area (Å²) < 4.78 is 5.21. The minimum Gasteiger partial charge on any atom is -0.396 e. The Labute approximate surface area is 61.5 Å². The minimum absolute atomic E-state index is 0.297. The molecule has 0 bridgehead atoms. The fraction of sp³-hybridized carbons (Fsp3) is 0.750. The highest BCUT2D eigenvalue weighted by Gasteiger charge is 2.34. The van der Waals surface area contributed by atoms with E-state index in [-0.39, 0.29) is 0 Å². The number of aliphatic hydroxyl groups is 1. The van der Waals surface area contributed by atoms with Gasteiger partial charge < -0.3 is 9.84 Å². The van der Waals surface area contributed by atoms with Crippen LogP contribution in [0.1, 0.15) is 19.3 Å². The topological polar surface area (TPSA) is 32.8 Å². The van der Waals surface area contributed by atoms with Gasteiger partial charge in [-0.3, -0.25) is 0 Å². The number of hydrogen-bond acceptors (Lipinski definition) is 2. The fourth-order valence-electron chi connectivity index (χ4n) is 1.05. The van der Waals surface area contributed by atoms with Crippen LogP contribution in [0.3, 0.4) is 0 Å². The zero-order valence-corrected chi connectivity index (χ0v) is 6.12. The van der Waals surface area contributed by atoms with E-state index in [4.69, 9.17) is 9.84 Å². The van der Waals surface area contributed by atoms with Crippen LogP contribution in [0.4, 0.5) is 0 Å². The summed E-state index contributed by atoms with van der Waals surface area (Å²) in [7, 11) is 0. The quantitative estimate of drug-likeness (QED) is 0.354. The molecule has 1 saturated heterocycles. The van der Waals surface area contributed by atoms with Crippen LogP contribution in [-0.4, -0.2) is 23.9 Å². The molecule has 2 atom stereocenters. The average molecular weight is 142 g/mol. The maximum Gasteiger partial charge on any atom is 0.102 e. The summed E-state index contributed by atoms with van der Waals surface area (Å²) in [5.41, 5.74) is 0. The zero-order valence-electron chi connectivity index (χ0n) is 6.12. The van der Waals surface area contributed by atoms with Gasteiger partial charge in [0.1, 0.15) is 6.10 Å². The van der Waals surface area contributed by atoms with Crippen molar-refractivity contribution in [2.24, 2.45) is 0 Å². The summed E-state index contributed by atoms with van der Waals surface area (Å²) in [6, 6.07) is 0. The zero-order chi connectivity index (χ0) is 7.40. The van der Waals surface area contributed by atoms with Crippen LogP contribution >= 0.6 is 0 Å². The van der Waals surface area contributed by atoms with Gasteiger partial charge in [-0.25, -0.2) is 0 Å². The fourth-order valence-corrected chi connectivity index (χ4v) is 1.05. The van der Waals surface area contributed by atoms with Gasteiger partial charge in [-0.15, -0.1) is 6.58 Å². The van der Waals surface area contributed by atoms with E-state index in [0.717, 1.165) is 19.3 Å². The molecule has 2 heteroatoms. The molecule has 0 radical (unpaired) electrons. The smallest absolute Gasteiger partial charge is 0.102 e. The molecule has 0 aromatic rings. The highest BCUT2D eigenvalue weighted by molar-refractivity contribution is 4.97. The van der Waals surface area contributed by atoms with Crippen LogP contribution in [0.15, 0.2) is 12.7 Å². The molecule has 58 valence electrons. The normalized spacial score (nSPS) is 30.1. The van der Waals surface area contributed by atoms with Crippen molar-refractivity contribution in [2.75, 3.05) is 6.61 Å². The Hall–Kier alpha value is -0.340. The summed E-state index contributed by atoms with van der Waals surface area (Å²) >= 11 is 0. The SMILES string of the molecule is C=C[C@H]1O[C@H]1CCCCO. The Bertz CT molecular complexity index is 112. The Morgan fingerprint density at radius 3 is 2.80 bits per heavy atom. The van der Waals surface area contributed by atoms with Crippen molar-refractivity contribution in [2.45, 2.75) is 31.5 Å². The third-order valence-electron chi connectivity index (χ3n) is 1.75. The van der Waals surface area contributed by atoms with E-state index in [1.165, 1.54) is 0 Å². The van der Waals surface area contributed by atoms with Gasteiger partial charge in [-0.1, -0.05) is 6.08 Å². The second-order valence-corrected chi connectivity index (χ2v) is 2.59. The lowest BCUT2D eigenvalue weighted by Crippen LogP contribution is -1.91. The number of rotatable bonds is 5. The maximum atomic E-state index is 8.46. The molecular formula is C8H14O2. The van der Waals surface area contributed by atoms with E-state index in [0.29, 0.717) is 18.8 Å². The predicted molar refractivity (Wildman–Crippen MR) is 39.8 cm³/mol. The van der Waals surface area contributed by atoms with Crippen LogP contribution in [-0.2, 0) is 4.74 Å². The number of unbranched alkanes of at least 4 members (excludes halogenated alkanes) is 1. The predicted octanol–water partition coefficient (Wildman–Crippen LogP) is 1.10. The summed E-state index contributed by atoms with van der Waals surface area (Å²) in [6.07, 6.45) is 5.57. The summed E-state index contributed by atoms with van der Waals surface area (Å²) in [5.74, 6) is 0. The van der Waals surface area contributed by atoms with Gasteiger partial charge in [0, 0.05) is 6.61 Å². The molecule has 0 spiro atoms. The van der Waals surface area contributed by atoms with Crippen molar-refractivity contribution in [1.82, 2.24) is 0 Å². The van der Waals surface area contributed by atoms with E-state index in [9.17, 15) is 0 Å². The van der Waals surface area contributed by atoms with E-state index >= 15 is 0 Å². The van der Waals surface area contributed by atoms with Crippen molar-refractivity contribution < 1.29 is 9.84 Å². The Balaban J connectivity index is 1.91. The number of epoxide rings is 1. The van der Waals surface area contributed by atoms with Gasteiger partial charge in [0.05, 0.1) is 6.10 Å². The molecule has 0 aromatic heterocycles. The van der Waals surface area contributed by atoms with E-state index < -0.39 is 0 Å². The van der Waals surface area contributed by atoms with Crippen molar-refractivity contribution in [3.63, 3.8) is 0 Å². The van der Waals surface area contributed by atoms with Gasteiger partial charge in [0.15, 0.2) is 0 Å². The molecule has 0 unspecified atom stereocenters. The van der Waals surface area contributed by atoms with Crippen LogP contribution < -0.4 is 0 Å². The molecular weight excluding hydrogens is 128 g/mol. The average Bonchev–Trinajstić information content (AvgIpc) is 2.68. The first kappa shape index (κ1) is 7.76. The number of hydrogen-bond donors (Lipinski definition) is 1. The molecule has 1 aliphatic heterocycles. The van der Waals surface area contributed by atoms with E-state index in [1.807, 2.05) is 6.08 Å². The Morgan fingerprint density at radius 1 is 1.50 bits per heavy atom. The van der Waals surface area contributed by atoms with Crippen LogP contribution in [0.25, 0.3) is 0 Å². The highest BCUT2D eigenvalue weighted by atomic mass is 16.6. The van der Waals surface area contributed by atoms with Crippen molar-refractivity contribution >= 4 is 0 Å². The summed E-state index contributed by atoms with van der Waals surface area (Å²) in [4.78, 5) is 0. The third kappa shape index (κ3) is 2.12. The molecule has 0 aliphatic carbocycles. The molecule has 1 heterocycles. The van der Waals surface area contributed by atoms with E-state index in [1.54, 1.807) is 0 Å². The van der Waals surface area contributed by atoms with Crippen molar-refractivity contribution in [3.8, 4) is 0 Å². The van der Waals surface area contributed by atoms with Crippen LogP contribution in [0.2, 0.25) is 0 Å². The van der Waals surface area contributed by atoms with Crippen LogP contribution in [0, 0.1) is 0 Å². The number of ether oxygens (including phenoxy) is 1. The number of aliphatic hydroxyl groups excluding tert-OH is 1. The molecule has 0 amide bonds. The Morgan fingerprint density at radius 2 is 2.30 bits per heavy atom. The lowest BCUT2D eigenvalue weighted by atomic mass is 10.1. The first-order chi connectivity index (χ1) is 4.88. The van der Waals surface area contributed by atoms with Crippen molar-refractivity contribution in [3.05, 3.63) is 12.7 Å². The van der Waals surface area contributed by atoms with Gasteiger partial charge in [-0.05, 0) is 19.3 Å². The first-order valence-corrected chi connectivity index (χ1v) is 3.77. The van der Waals surface area contributed by atoms with Gasteiger partial charge >= 0.3 is 0 Å². The summed E-state index contributed by atoms with van der Waals surface area (Å²) in [5, 5.41) is 8.46. The third-order valence-corrected chi connectivity index (χ3v) is 1.75. The molecule has 0 aromatic carbocycles. The first-order valence-electron chi connectivity index (χ1n) is 3.77. The lowest BCUT2D eigenvalue weighted by molar-refractivity contribution is 0.278. The molecule has 1 rings (SSSR count). The molecule has 0 saturated carbocycles. The molecule has 2 nitrogen and oxygen atoms in total. The molecule has 1 N–H and O–H groups in total. The highest BCUT2D eigenvalue weighted by Crippen LogP contribution is 2.27. The largest absolute Gasteiger partial charge is 0.396 e. The molecule has 10 heavy (non-hydrogen) atoms. The monoisotopic (exact) mass is 142 g/mol. The second-order valence-electron chi connectivity index (χ2n) is 2.59. The lowest BCUT2D eigenvalue weighted by Gasteiger charge is -1.91. The van der Waals surface area contributed by atoms with Gasteiger partial charge in [-0.2, -0.15) is 0 Å². The molecule has 1 aliphatic rings. The second kappa shape index (κ2) is 3.74. The standard InChI is InChI=1S/C8H14O2/c1-2-7-8(10-7)5-3-4-6-9/h2,7-9H,1,3-6H2/t7-,8+/m1/s1. The Kier molecular flexibility index (Phi) is 2.90. The maximum absolute atomic E-state index is 8.46. The van der Waals surface area contributed by atoms with Gasteiger partial charge in [0.2, 0.25) is 0 Å². The summed E-state index contributed by atoms with van der Waals surface area (Å²) in [6.45, 7) is 3.92. The van der Waals surface area contributed by atoms with Crippen LogP contribution in [0.5, 0.6) is 0 Å². The minimum atomic E-state index is 0.297. The van der Waals surface area contributed by atoms with E-state index in [2.05, 4.69) is 6.58 Å². The molecule has 1 fully saturated rings. The van der Waals surface area contributed by atoms with Crippen molar-refractivity contribution in [1.29, 1.82) is 0 Å².